The molecule has 14 heavy (non-hydrogen) atoms. The van der Waals surface area contributed by atoms with Crippen molar-refractivity contribution in [2.45, 2.75) is 38.4 Å². The molecule has 1 fully saturated rings. The minimum Gasteiger partial charge on any atom is -0.392 e. The summed E-state index contributed by atoms with van der Waals surface area (Å²) in [6.07, 6.45) is 2.19. The van der Waals surface area contributed by atoms with Crippen LogP contribution in [0.1, 0.15) is 26.7 Å². The molecular weight excluding hydrogens is 180 g/mol. The Morgan fingerprint density at radius 1 is 1.57 bits per heavy atom. The van der Waals surface area contributed by atoms with Gasteiger partial charge in [-0.05, 0) is 18.6 Å². The lowest BCUT2D eigenvalue weighted by atomic mass is 9.82. The van der Waals surface area contributed by atoms with Gasteiger partial charge in [-0.25, -0.2) is 0 Å². The minimum absolute atomic E-state index is 0.101. The van der Waals surface area contributed by atoms with Gasteiger partial charge in [0.15, 0.2) is 5.78 Å². The molecule has 0 amide bonds. The van der Waals surface area contributed by atoms with Crippen LogP contribution in [-0.2, 0) is 9.53 Å². The third-order valence-electron chi connectivity index (χ3n) is 3.80. The van der Waals surface area contributed by atoms with Crippen LogP contribution in [0, 0.1) is 5.41 Å². The number of carbonyl (C=O) groups excluding carboxylic acids is 1. The molecule has 3 atom stereocenters. The van der Waals surface area contributed by atoms with Gasteiger partial charge in [0.25, 0.3) is 0 Å². The van der Waals surface area contributed by atoms with Crippen LogP contribution in [0.2, 0.25) is 0 Å². The van der Waals surface area contributed by atoms with Crippen LogP contribution < -0.4 is 0 Å². The highest BCUT2D eigenvalue weighted by molar-refractivity contribution is 5.95. The molecule has 0 aliphatic heterocycles. The third kappa shape index (κ3) is 1.03. The molecule has 0 spiro atoms. The molecule has 0 aromatic heterocycles. The first-order chi connectivity index (χ1) is 6.42. The van der Waals surface area contributed by atoms with E-state index in [4.69, 9.17) is 4.74 Å². The van der Waals surface area contributed by atoms with Gasteiger partial charge in [0.2, 0.25) is 0 Å². The number of carbonyl (C=O) groups is 1. The van der Waals surface area contributed by atoms with Crippen LogP contribution in [0.15, 0.2) is 11.6 Å². The van der Waals surface area contributed by atoms with Crippen molar-refractivity contribution in [2.24, 2.45) is 5.41 Å². The number of hydrogen-bond donors (Lipinski definition) is 1. The van der Waals surface area contributed by atoms with Gasteiger partial charge < -0.3 is 9.84 Å². The van der Waals surface area contributed by atoms with E-state index in [0.29, 0.717) is 12.8 Å². The minimum atomic E-state index is -0.467. The lowest BCUT2D eigenvalue weighted by Gasteiger charge is -2.27. The van der Waals surface area contributed by atoms with Crippen LogP contribution in [0.4, 0.5) is 0 Å². The molecule has 1 N–H and O–H groups in total. The molecular formula is C11H16O3. The number of hydrogen-bond acceptors (Lipinski definition) is 3. The fraction of sp³-hybridized carbons (Fsp3) is 0.727. The van der Waals surface area contributed by atoms with Crippen molar-refractivity contribution >= 4 is 5.78 Å². The number of allylic oxidation sites excluding steroid dienone is 1. The standard InChI is InChI=1S/C11H16O3/c1-10-5-7(12)4-8(10)11(2,14-3)6-9(10)13/h4,9,13H,5-6H2,1-3H3/t9-,10-,11-/m0/s1. The zero-order chi connectivity index (χ0) is 10.6. The van der Waals surface area contributed by atoms with Crippen LogP contribution >= 0.6 is 0 Å². The van der Waals surface area contributed by atoms with E-state index in [1.165, 1.54) is 0 Å². The van der Waals surface area contributed by atoms with E-state index in [0.717, 1.165) is 5.57 Å². The maximum absolute atomic E-state index is 11.4. The van der Waals surface area contributed by atoms with Crippen molar-refractivity contribution in [2.75, 3.05) is 7.11 Å². The first-order valence-corrected chi connectivity index (χ1v) is 4.91. The van der Waals surface area contributed by atoms with Crippen LogP contribution in [0.25, 0.3) is 0 Å². The highest BCUT2D eigenvalue weighted by Gasteiger charge is 2.57. The van der Waals surface area contributed by atoms with E-state index < -0.39 is 11.7 Å². The Balaban J connectivity index is 2.48. The van der Waals surface area contributed by atoms with E-state index in [9.17, 15) is 9.90 Å². The maximum atomic E-state index is 11.4. The summed E-state index contributed by atoms with van der Waals surface area (Å²) in [5, 5.41) is 9.97. The molecule has 2 aliphatic carbocycles. The van der Waals surface area contributed by atoms with Crippen LogP contribution in [0.3, 0.4) is 0 Å². The predicted octanol–water partition coefficient (Wildman–Crippen LogP) is 1.06. The summed E-state index contributed by atoms with van der Waals surface area (Å²) in [5.74, 6) is 0.101. The molecule has 3 heteroatoms. The SMILES string of the molecule is CO[C@@]1(C)C[C@H](O)[C@@]2(C)CC(=O)C=C21. The summed E-state index contributed by atoms with van der Waals surface area (Å²) in [7, 11) is 1.63. The van der Waals surface area contributed by atoms with Gasteiger partial charge >= 0.3 is 0 Å². The first-order valence-electron chi connectivity index (χ1n) is 4.91. The summed E-state index contributed by atoms with van der Waals surface area (Å²) in [4.78, 5) is 11.4. The summed E-state index contributed by atoms with van der Waals surface area (Å²) in [5.41, 5.74) is 0.118. The van der Waals surface area contributed by atoms with E-state index in [-0.39, 0.29) is 11.2 Å². The van der Waals surface area contributed by atoms with Crippen molar-refractivity contribution in [1.29, 1.82) is 0 Å². The Morgan fingerprint density at radius 2 is 2.21 bits per heavy atom. The lowest BCUT2D eigenvalue weighted by molar-refractivity contribution is -0.116. The molecule has 0 aromatic carbocycles. The van der Waals surface area contributed by atoms with Crippen molar-refractivity contribution in [3.8, 4) is 0 Å². The number of aliphatic hydroxyl groups excluding tert-OH is 1. The van der Waals surface area contributed by atoms with Gasteiger partial charge in [0.05, 0.1) is 11.7 Å². The molecule has 0 radical (unpaired) electrons. The van der Waals surface area contributed by atoms with Crippen molar-refractivity contribution < 1.29 is 14.6 Å². The van der Waals surface area contributed by atoms with E-state index in [1.54, 1.807) is 13.2 Å². The average molecular weight is 196 g/mol. The van der Waals surface area contributed by atoms with E-state index in [2.05, 4.69) is 0 Å². The quantitative estimate of drug-likeness (QED) is 0.682. The second-order valence-electron chi connectivity index (χ2n) is 4.77. The molecule has 0 unspecified atom stereocenters. The first kappa shape index (κ1) is 9.87. The Hall–Kier alpha value is -0.670. The predicted molar refractivity (Wildman–Crippen MR) is 51.9 cm³/mol. The molecule has 78 valence electrons. The smallest absolute Gasteiger partial charge is 0.156 e. The number of rotatable bonds is 1. The average Bonchev–Trinajstić information content (AvgIpc) is 2.50. The molecule has 1 saturated carbocycles. The maximum Gasteiger partial charge on any atom is 0.156 e. The number of methoxy groups -OCH3 is 1. The molecule has 2 rings (SSSR count). The van der Waals surface area contributed by atoms with E-state index >= 15 is 0 Å². The largest absolute Gasteiger partial charge is 0.392 e. The van der Waals surface area contributed by atoms with Gasteiger partial charge in [-0.1, -0.05) is 6.92 Å². The molecule has 0 bridgehead atoms. The Kier molecular flexibility index (Phi) is 1.88. The number of aliphatic hydroxyl groups is 1. The second kappa shape index (κ2) is 2.67. The van der Waals surface area contributed by atoms with Gasteiger partial charge in [-0.2, -0.15) is 0 Å². The van der Waals surface area contributed by atoms with Gasteiger partial charge in [0, 0.05) is 25.4 Å². The summed E-state index contributed by atoms with van der Waals surface area (Å²) in [6, 6.07) is 0. The molecule has 0 heterocycles. The van der Waals surface area contributed by atoms with Gasteiger partial charge in [-0.15, -0.1) is 0 Å². The normalized spacial score (nSPS) is 46.7. The van der Waals surface area contributed by atoms with Crippen LogP contribution in [-0.4, -0.2) is 29.7 Å². The van der Waals surface area contributed by atoms with Gasteiger partial charge in [-0.3, -0.25) is 4.79 Å². The number of fused-ring (bicyclic) bond motifs is 1. The monoisotopic (exact) mass is 196 g/mol. The Bertz CT molecular complexity index is 320. The number of ketones is 1. The van der Waals surface area contributed by atoms with Crippen molar-refractivity contribution in [1.82, 2.24) is 0 Å². The second-order valence-corrected chi connectivity index (χ2v) is 4.77. The molecule has 2 aliphatic rings. The molecule has 0 saturated heterocycles. The number of ether oxygens (including phenoxy) is 1. The van der Waals surface area contributed by atoms with Crippen LogP contribution in [0.5, 0.6) is 0 Å². The summed E-state index contributed by atoms with van der Waals surface area (Å²) in [6.45, 7) is 3.88. The Morgan fingerprint density at radius 3 is 2.79 bits per heavy atom. The lowest BCUT2D eigenvalue weighted by Crippen LogP contribution is -2.28. The Labute approximate surface area is 83.8 Å². The van der Waals surface area contributed by atoms with E-state index in [1.807, 2.05) is 13.8 Å². The van der Waals surface area contributed by atoms with Gasteiger partial charge in [0.1, 0.15) is 0 Å². The highest BCUT2D eigenvalue weighted by atomic mass is 16.5. The highest BCUT2D eigenvalue weighted by Crippen LogP contribution is 2.55. The molecule has 0 aromatic rings. The molecule has 3 nitrogen and oxygen atoms in total. The zero-order valence-corrected chi connectivity index (χ0v) is 8.83. The fourth-order valence-electron chi connectivity index (χ4n) is 2.79. The van der Waals surface area contributed by atoms with Crippen molar-refractivity contribution in [3.05, 3.63) is 11.6 Å². The summed E-state index contributed by atoms with van der Waals surface area (Å²) < 4.78 is 5.42. The summed E-state index contributed by atoms with van der Waals surface area (Å²) >= 11 is 0. The topological polar surface area (TPSA) is 46.5 Å². The van der Waals surface area contributed by atoms with Crippen molar-refractivity contribution in [3.63, 3.8) is 0 Å². The zero-order valence-electron chi connectivity index (χ0n) is 8.83. The third-order valence-corrected chi connectivity index (χ3v) is 3.80. The fourth-order valence-corrected chi connectivity index (χ4v) is 2.79.